The minimum atomic E-state index is -0.963. The Morgan fingerprint density at radius 2 is 1.85 bits per heavy atom. The number of aromatic nitrogens is 2. The van der Waals surface area contributed by atoms with Gasteiger partial charge in [-0.25, -0.2) is 9.59 Å². The Balaban J connectivity index is 2.53. The van der Waals surface area contributed by atoms with E-state index < -0.39 is 5.97 Å². The molecule has 1 aromatic heterocycles. The molecule has 0 unspecified atom stereocenters. The number of carbonyl (C=O) groups is 1. The molecule has 20 heavy (non-hydrogen) atoms. The quantitative estimate of drug-likeness (QED) is 0.850. The van der Waals surface area contributed by atoms with Crippen molar-refractivity contribution in [3.8, 4) is 0 Å². The minimum Gasteiger partial charge on any atom is -0.478 e. The third-order valence-electron chi connectivity index (χ3n) is 3.29. The van der Waals surface area contributed by atoms with E-state index in [1.807, 2.05) is 31.2 Å². The maximum Gasteiger partial charge on any atom is 0.331 e. The van der Waals surface area contributed by atoms with E-state index in [1.165, 1.54) is 6.92 Å². The van der Waals surface area contributed by atoms with Crippen LogP contribution in [0.4, 0.5) is 0 Å². The summed E-state index contributed by atoms with van der Waals surface area (Å²) in [6.07, 6.45) is 2.43. The highest BCUT2D eigenvalue weighted by atomic mass is 16.4. The molecule has 0 saturated carbocycles. The van der Waals surface area contributed by atoms with E-state index in [2.05, 4.69) is 0 Å². The van der Waals surface area contributed by atoms with Gasteiger partial charge in [0.15, 0.2) is 0 Å². The van der Waals surface area contributed by atoms with Crippen LogP contribution in [-0.4, -0.2) is 20.2 Å². The van der Waals surface area contributed by atoms with Gasteiger partial charge in [0.05, 0.1) is 11.0 Å². The summed E-state index contributed by atoms with van der Waals surface area (Å²) in [5.41, 5.74) is 1.87. The van der Waals surface area contributed by atoms with Gasteiger partial charge in [-0.05, 0) is 25.5 Å². The van der Waals surface area contributed by atoms with Crippen LogP contribution in [0.5, 0.6) is 0 Å². The van der Waals surface area contributed by atoms with Gasteiger partial charge < -0.3 is 5.11 Å². The average Bonchev–Trinajstić information content (AvgIpc) is 2.70. The second-order valence-corrected chi connectivity index (χ2v) is 4.73. The molecule has 5 nitrogen and oxygen atoms in total. The van der Waals surface area contributed by atoms with Gasteiger partial charge in [-0.3, -0.25) is 9.13 Å². The first-order valence-electron chi connectivity index (χ1n) is 6.64. The Labute approximate surface area is 116 Å². The molecule has 0 bridgehead atoms. The maximum absolute atomic E-state index is 12.4. The van der Waals surface area contributed by atoms with Crippen molar-refractivity contribution in [2.75, 3.05) is 0 Å². The molecule has 0 amide bonds. The summed E-state index contributed by atoms with van der Waals surface area (Å²) < 4.78 is 3.34. The van der Waals surface area contributed by atoms with E-state index in [-0.39, 0.29) is 17.8 Å². The molecular formula is C15H18N2O3. The topological polar surface area (TPSA) is 64.2 Å². The number of rotatable bonds is 5. The number of allylic oxidation sites excluding steroid dienone is 1. The predicted octanol–water partition coefficient (Wildman–Crippen LogP) is 2.24. The first-order chi connectivity index (χ1) is 9.56. The highest BCUT2D eigenvalue weighted by Crippen LogP contribution is 2.13. The molecule has 106 valence electrons. The fourth-order valence-corrected chi connectivity index (χ4v) is 2.20. The number of aryl methyl sites for hydroxylation is 1. The van der Waals surface area contributed by atoms with Crippen molar-refractivity contribution in [1.82, 2.24) is 9.13 Å². The van der Waals surface area contributed by atoms with Gasteiger partial charge in [-0.15, -0.1) is 0 Å². The number of hydrogen-bond acceptors (Lipinski definition) is 2. The van der Waals surface area contributed by atoms with Crippen molar-refractivity contribution in [1.29, 1.82) is 0 Å². The summed E-state index contributed by atoms with van der Waals surface area (Å²) in [6, 6.07) is 7.57. The lowest BCUT2D eigenvalue weighted by atomic mass is 10.3. The molecule has 0 radical (unpaired) electrons. The lowest BCUT2D eigenvalue weighted by molar-refractivity contribution is -0.132. The number of carboxylic acid groups (broad SMARTS) is 1. The molecule has 0 fully saturated rings. The SMILES string of the molecule is CCCn1c(=O)n(CC=C(C)C(=O)O)c2ccccc21. The second kappa shape index (κ2) is 5.77. The van der Waals surface area contributed by atoms with E-state index in [4.69, 9.17) is 5.11 Å². The van der Waals surface area contributed by atoms with Gasteiger partial charge in [-0.2, -0.15) is 0 Å². The Morgan fingerprint density at radius 3 is 2.40 bits per heavy atom. The third-order valence-corrected chi connectivity index (χ3v) is 3.29. The van der Waals surface area contributed by atoms with Gasteiger partial charge in [0.1, 0.15) is 0 Å². The number of para-hydroxylation sites is 2. The number of hydrogen-bond donors (Lipinski definition) is 1. The zero-order chi connectivity index (χ0) is 14.7. The molecule has 5 heteroatoms. The van der Waals surface area contributed by atoms with Crippen LogP contribution in [0.3, 0.4) is 0 Å². The standard InChI is InChI=1S/C15H18N2O3/c1-3-9-16-12-6-4-5-7-13(12)17(15(16)20)10-8-11(2)14(18)19/h4-8H,3,9-10H2,1-2H3,(H,18,19). The Kier molecular flexibility index (Phi) is 4.08. The van der Waals surface area contributed by atoms with Crippen molar-refractivity contribution in [2.45, 2.75) is 33.4 Å². The lowest BCUT2D eigenvalue weighted by Gasteiger charge is -1.99. The average molecular weight is 274 g/mol. The molecule has 1 N–H and O–H groups in total. The molecule has 0 atom stereocenters. The number of imidazole rings is 1. The van der Waals surface area contributed by atoms with E-state index in [9.17, 15) is 9.59 Å². The van der Waals surface area contributed by atoms with Gasteiger partial charge in [0, 0.05) is 18.7 Å². The lowest BCUT2D eigenvalue weighted by Crippen LogP contribution is -2.24. The molecule has 0 aliphatic rings. The number of carboxylic acids is 1. The summed E-state index contributed by atoms with van der Waals surface area (Å²) >= 11 is 0. The maximum atomic E-state index is 12.4. The van der Waals surface area contributed by atoms with Gasteiger partial charge in [-0.1, -0.05) is 25.1 Å². The first-order valence-corrected chi connectivity index (χ1v) is 6.64. The molecule has 2 aromatic rings. The normalized spacial score (nSPS) is 12.0. The number of benzene rings is 1. The van der Waals surface area contributed by atoms with E-state index in [1.54, 1.807) is 15.2 Å². The zero-order valence-corrected chi connectivity index (χ0v) is 11.7. The van der Waals surface area contributed by atoms with Crippen molar-refractivity contribution in [3.63, 3.8) is 0 Å². The van der Waals surface area contributed by atoms with Crippen LogP contribution >= 0.6 is 0 Å². The van der Waals surface area contributed by atoms with Crippen LogP contribution < -0.4 is 5.69 Å². The Morgan fingerprint density at radius 1 is 1.25 bits per heavy atom. The second-order valence-electron chi connectivity index (χ2n) is 4.73. The molecular weight excluding hydrogens is 256 g/mol. The Hall–Kier alpha value is -2.30. The van der Waals surface area contributed by atoms with Crippen molar-refractivity contribution >= 4 is 17.0 Å². The fraction of sp³-hybridized carbons (Fsp3) is 0.333. The fourth-order valence-electron chi connectivity index (χ4n) is 2.20. The van der Waals surface area contributed by atoms with Gasteiger partial charge in [0.2, 0.25) is 0 Å². The number of fused-ring (bicyclic) bond motifs is 1. The van der Waals surface area contributed by atoms with Crippen LogP contribution in [-0.2, 0) is 17.9 Å². The zero-order valence-electron chi connectivity index (χ0n) is 11.7. The van der Waals surface area contributed by atoms with Crippen LogP contribution in [0, 0.1) is 0 Å². The van der Waals surface area contributed by atoms with Crippen molar-refractivity contribution in [3.05, 3.63) is 46.4 Å². The highest BCUT2D eigenvalue weighted by molar-refractivity contribution is 5.85. The molecule has 0 spiro atoms. The van der Waals surface area contributed by atoms with Crippen molar-refractivity contribution in [2.24, 2.45) is 0 Å². The number of aliphatic carboxylic acids is 1. The van der Waals surface area contributed by atoms with Gasteiger partial charge >= 0.3 is 11.7 Å². The van der Waals surface area contributed by atoms with Crippen molar-refractivity contribution < 1.29 is 9.90 Å². The van der Waals surface area contributed by atoms with E-state index in [0.29, 0.717) is 6.54 Å². The molecule has 0 aliphatic carbocycles. The monoisotopic (exact) mass is 274 g/mol. The van der Waals surface area contributed by atoms with Crippen LogP contribution in [0.2, 0.25) is 0 Å². The predicted molar refractivity (Wildman–Crippen MR) is 77.9 cm³/mol. The summed E-state index contributed by atoms with van der Waals surface area (Å²) in [7, 11) is 0. The molecule has 0 aliphatic heterocycles. The highest BCUT2D eigenvalue weighted by Gasteiger charge is 2.11. The number of nitrogens with zero attached hydrogens (tertiary/aromatic N) is 2. The van der Waals surface area contributed by atoms with E-state index >= 15 is 0 Å². The van der Waals surface area contributed by atoms with E-state index in [0.717, 1.165) is 17.5 Å². The van der Waals surface area contributed by atoms with Crippen LogP contribution in [0.15, 0.2) is 40.7 Å². The summed E-state index contributed by atoms with van der Waals surface area (Å²) in [6.45, 7) is 4.48. The summed E-state index contributed by atoms with van der Waals surface area (Å²) in [5.74, 6) is -0.963. The summed E-state index contributed by atoms with van der Waals surface area (Å²) in [5, 5.41) is 8.87. The molecule has 1 aromatic carbocycles. The first kappa shape index (κ1) is 14.1. The minimum absolute atomic E-state index is 0.0949. The molecule has 0 saturated heterocycles. The largest absolute Gasteiger partial charge is 0.478 e. The van der Waals surface area contributed by atoms with Crippen LogP contribution in [0.25, 0.3) is 11.0 Å². The third kappa shape index (κ3) is 2.52. The Bertz CT molecular complexity index is 722. The smallest absolute Gasteiger partial charge is 0.331 e. The molecule has 2 rings (SSSR count). The summed E-state index contributed by atoms with van der Waals surface area (Å²) in [4.78, 5) is 23.2. The van der Waals surface area contributed by atoms with Crippen LogP contribution in [0.1, 0.15) is 20.3 Å². The molecule has 1 heterocycles. The van der Waals surface area contributed by atoms with Gasteiger partial charge in [0.25, 0.3) is 0 Å².